The molecule has 6 aromatic rings. The Morgan fingerprint density at radius 2 is 1.35 bits per heavy atom. The molecule has 232 valence electrons. The van der Waals surface area contributed by atoms with E-state index in [4.69, 9.17) is 8.83 Å². The molecule has 0 unspecified atom stereocenters. The van der Waals surface area contributed by atoms with Crippen LogP contribution in [-0.2, 0) is 6.42 Å². The van der Waals surface area contributed by atoms with Gasteiger partial charge >= 0.3 is 0 Å². The van der Waals surface area contributed by atoms with E-state index in [9.17, 15) is 45.3 Å². The van der Waals surface area contributed by atoms with Crippen LogP contribution < -0.4 is 10.9 Å². The minimum atomic E-state index is -1.22. The van der Waals surface area contributed by atoms with Gasteiger partial charge in [0.2, 0.25) is 0 Å². The van der Waals surface area contributed by atoms with Crippen molar-refractivity contribution in [3.63, 3.8) is 0 Å². The molecular formula is C35H26O11. The van der Waals surface area contributed by atoms with E-state index in [1.807, 2.05) is 0 Å². The molecule has 2 heterocycles. The fourth-order valence-electron chi connectivity index (χ4n) is 5.28. The first-order valence-electron chi connectivity index (χ1n) is 13.8. The number of aromatic hydroxyl groups is 6. The molecule has 0 fully saturated rings. The average Bonchev–Trinajstić information content (AvgIpc) is 2.99. The number of aliphatic hydroxyl groups is 1. The maximum absolute atomic E-state index is 13.5. The number of phenols is 6. The SMILES string of the molecule is C=C(C)[C@@H](O)Cc1c(O)c(-c2cc(-c3cc(=O)c4c(O)cc(O)cc4o3)ccc2O)c2oc(-c3ccc(O)cc3)cc(=O)c2c1O. The van der Waals surface area contributed by atoms with Gasteiger partial charge in [0.25, 0.3) is 0 Å². The molecule has 46 heavy (non-hydrogen) atoms. The van der Waals surface area contributed by atoms with E-state index >= 15 is 0 Å². The Morgan fingerprint density at radius 1 is 0.717 bits per heavy atom. The third-order valence-corrected chi connectivity index (χ3v) is 7.68. The van der Waals surface area contributed by atoms with Gasteiger partial charge in [-0.05, 0) is 49.4 Å². The fourth-order valence-corrected chi connectivity index (χ4v) is 5.28. The van der Waals surface area contributed by atoms with E-state index < -0.39 is 40.0 Å². The lowest BCUT2D eigenvalue weighted by atomic mass is 9.91. The highest BCUT2D eigenvalue weighted by Gasteiger charge is 2.28. The van der Waals surface area contributed by atoms with E-state index in [-0.39, 0.29) is 73.6 Å². The second kappa shape index (κ2) is 11.1. The lowest BCUT2D eigenvalue weighted by Gasteiger charge is -2.19. The molecule has 0 spiro atoms. The fraction of sp³-hybridized carbons (Fsp3) is 0.0857. The molecule has 2 aromatic heterocycles. The van der Waals surface area contributed by atoms with Gasteiger partial charge in [-0.25, -0.2) is 0 Å². The maximum Gasteiger partial charge on any atom is 0.197 e. The Bertz CT molecular complexity index is 2330. The van der Waals surface area contributed by atoms with Crippen molar-refractivity contribution in [1.82, 2.24) is 0 Å². The van der Waals surface area contributed by atoms with Crippen molar-refractivity contribution in [2.45, 2.75) is 19.4 Å². The first-order valence-corrected chi connectivity index (χ1v) is 13.8. The van der Waals surface area contributed by atoms with E-state index in [1.165, 1.54) is 42.5 Å². The van der Waals surface area contributed by atoms with Crippen molar-refractivity contribution in [2.75, 3.05) is 0 Å². The van der Waals surface area contributed by atoms with Crippen LogP contribution in [0.25, 0.3) is 55.7 Å². The Hall–Kier alpha value is -6.20. The van der Waals surface area contributed by atoms with E-state index in [1.54, 1.807) is 6.92 Å². The first-order chi connectivity index (χ1) is 21.8. The molecule has 11 heteroatoms. The number of aliphatic hydroxyl groups excluding tert-OH is 1. The van der Waals surface area contributed by atoms with Crippen molar-refractivity contribution in [2.24, 2.45) is 0 Å². The molecule has 11 nitrogen and oxygen atoms in total. The molecule has 0 saturated carbocycles. The monoisotopic (exact) mass is 622 g/mol. The smallest absolute Gasteiger partial charge is 0.197 e. The largest absolute Gasteiger partial charge is 0.508 e. The second-order valence-electron chi connectivity index (χ2n) is 10.9. The van der Waals surface area contributed by atoms with Crippen LogP contribution in [0.4, 0.5) is 0 Å². The van der Waals surface area contributed by atoms with Crippen molar-refractivity contribution < 1.29 is 44.6 Å². The van der Waals surface area contributed by atoms with Crippen LogP contribution in [0.5, 0.6) is 34.5 Å². The summed E-state index contributed by atoms with van der Waals surface area (Å²) < 4.78 is 11.9. The van der Waals surface area contributed by atoms with Crippen LogP contribution in [0, 0.1) is 0 Å². The average molecular weight is 623 g/mol. The van der Waals surface area contributed by atoms with Gasteiger partial charge < -0.3 is 44.6 Å². The Balaban J connectivity index is 1.67. The van der Waals surface area contributed by atoms with Crippen LogP contribution in [-0.4, -0.2) is 41.8 Å². The Morgan fingerprint density at radius 3 is 2.02 bits per heavy atom. The summed E-state index contributed by atoms with van der Waals surface area (Å²) >= 11 is 0. The van der Waals surface area contributed by atoms with Crippen LogP contribution >= 0.6 is 0 Å². The standard InChI is InChI=1S/C35H26O11/c1-15(2)23(39)12-21-33(43)30(35-32(34(21)44)26(42)14-27(46-35)16-3-6-18(36)7-4-16)20-9-17(5-8-22(20)38)28-13-25(41)31-24(40)10-19(37)11-29(31)45-28/h3-11,13-14,23,36-40,43-44H,1,12H2,2H3/t23-/m0/s1. The van der Waals surface area contributed by atoms with E-state index in [2.05, 4.69) is 6.58 Å². The minimum Gasteiger partial charge on any atom is -0.508 e. The van der Waals surface area contributed by atoms with Crippen LogP contribution in [0.2, 0.25) is 0 Å². The van der Waals surface area contributed by atoms with Gasteiger partial charge in [0.05, 0.1) is 11.7 Å². The quantitative estimate of drug-likeness (QED) is 0.114. The molecule has 4 aromatic carbocycles. The number of hydrogen-bond donors (Lipinski definition) is 7. The van der Waals surface area contributed by atoms with Crippen molar-refractivity contribution in [3.05, 3.63) is 105 Å². The molecule has 0 radical (unpaired) electrons. The molecule has 6 rings (SSSR count). The molecule has 0 amide bonds. The zero-order valence-electron chi connectivity index (χ0n) is 24.1. The second-order valence-corrected chi connectivity index (χ2v) is 10.9. The number of benzene rings is 4. The summed E-state index contributed by atoms with van der Waals surface area (Å²) in [6.45, 7) is 5.25. The molecule has 0 saturated heterocycles. The molecule has 0 aliphatic heterocycles. The van der Waals surface area contributed by atoms with Crippen LogP contribution in [0.3, 0.4) is 0 Å². The number of rotatable bonds is 6. The maximum atomic E-state index is 13.5. The third kappa shape index (κ3) is 5.04. The highest BCUT2D eigenvalue weighted by atomic mass is 16.3. The number of hydrogen-bond acceptors (Lipinski definition) is 11. The van der Waals surface area contributed by atoms with E-state index in [0.29, 0.717) is 11.1 Å². The van der Waals surface area contributed by atoms with E-state index in [0.717, 1.165) is 24.3 Å². The minimum absolute atomic E-state index is 0.0167. The predicted octanol–water partition coefficient (Wildman–Crippen LogP) is 5.61. The normalized spacial score (nSPS) is 12.0. The lowest BCUT2D eigenvalue weighted by Crippen LogP contribution is -2.13. The van der Waals surface area contributed by atoms with Gasteiger partial charge in [0.1, 0.15) is 62.4 Å². The summed E-state index contributed by atoms with van der Waals surface area (Å²) in [7, 11) is 0. The van der Waals surface area contributed by atoms with Gasteiger partial charge in [0, 0.05) is 52.9 Å². The Kier molecular flexibility index (Phi) is 7.18. The third-order valence-electron chi connectivity index (χ3n) is 7.68. The first kappa shape index (κ1) is 29.9. The summed E-state index contributed by atoms with van der Waals surface area (Å²) in [5.74, 6) is -2.52. The summed E-state index contributed by atoms with van der Waals surface area (Å²) in [6, 6.07) is 14.1. The topological polar surface area (TPSA) is 202 Å². The zero-order chi connectivity index (χ0) is 33.0. The summed E-state index contributed by atoms with van der Waals surface area (Å²) in [5, 5.41) is 73.9. The number of fused-ring (bicyclic) bond motifs is 2. The van der Waals surface area contributed by atoms with Gasteiger partial charge in [-0.2, -0.15) is 0 Å². The van der Waals surface area contributed by atoms with Gasteiger partial charge in [0.15, 0.2) is 16.4 Å². The van der Waals surface area contributed by atoms with Gasteiger partial charge in [-0.3, -0.25) is 9.59 Å². The molecule has 0 bridgehead atoms. The molecule has 0 aliphatic rings. The van der Waals surface area contributed by atoms with Crippen LogP contribution in [0.1, 0.15) is 12.5 Å². The molecule has 7 N–H and O–H groups in total. The predicted molar refractivity (Wildman–Crippen MR) is 169 cm³/mol. The highest BCUT2D eigenvalue weighted by Crippen LogP contribution is 2.48. The summed E-state index contributed by atoms with van der Waals surface area (Å²) in [4.78, 5) is 26.4. The molecular weight excluding hydrogens is 596 g/mol. The van der Waals surface area contributed by atoms with Crippen molar-refractivity contribution in [1.29, 1.82) is 0 Å². The summed E-state index contributed by atoms with van der Waals surface area (Å²) in [6.07, 6.45) is -1.56. The highest BCUT2D eigenvalue weighted by molar-refractivity contribution is 6.03. The number of phenolic OH excluding ortho intramolecular Hbond substituents is 6. The zero-order valence-corrected chi connectivity index (χ0v) is 24.1. The van der Waals surface area contributed by atoms with Crippen LogP contribution in [0.15, 0.2) is 97.3 Å². The van der Waals surface area contributed by atoms with Gasteiger partial charge in [-0.15, -0.1) is 0 Å². The molecule has 1 atom stereocenters. The van der Waals surface area contributed by atoms with Crippen molar-refractivity contribution in [3.8, 4) is 68.3 Å². The lowest BCUT2D eigenvalue weighted by molar-refractivity contribution is 0.209. The van der Waals surface area contributed by atoms with Gasteiger partial charge in [-0.1, -0.05) is 12.2 Å². The Labute approximate surface area is 259 Å². The molecule has 0 aliphatic carbocycles. The van der Waals surface area contributed by atoms with Crippen molar-refractivity contribution >= 4 is 21.9 Å². The summed E-state index contributed by atoms with van der Waals surface area (Å²) in [5.41, 5.74) is -1.37.